The molecule has 0 bridgehead atoms. The van der Waals surface area contributed by atoms with Crippen molar-refractivity contribution in [2.75, 3.05) is 0 Å². The molecule has 148 valence electrons. The van der Waals surface area contributed by atoms with Gasteiger partial charge < -0.3 is 0 Å². The van der Waals surface area contributed by atoms with Gasteiger partial charge in [-0.15, -0.1) is 0 Å². The van der Waals surface area contributed by atoms with Crippen LogP contribution in [0, 0.1) is 11.3 Å². The van der Waals surface area contributed by atoms with E-state index in [2.05, 4.69) is 77.8 Å². The standard InChI is InChI=1S/C29H17N3/c30-16-19-14-21(18-31-17-19)29-11-5-10-28(32-29)20-12-13-26-24-8-2-1-6-22(24)23-7-3-4-9-25(23)27(26)15-20/h1-15,17-18H. The summed E-state index contributed by atoms with van der Waals surface area (Å²) >= 11 is 0. The highest BCUT2D eigenvalue weighted by Gasteiger charge is 2.10. The summed E-state index contributed by atoms with van der Waals surface area (Å²) in [5.41, 5.74) is 4.12. The second kappa shape index (κ2) is 7.30. The van der Waals surface area contributed by atoms with Crippen LogP contribution >= 0.6 is 0 Å². The molecule has 0 radical (unpaired) electrons. The average molecular weight is 407 g/mol. The van der Waals surface area contributed by atoms with Gasteiger partial charge in [-0.2, -0.15) is 5.26 Å². The highest BCUT2D eigenvalue weighted by Crippen LogP contribution is 2.36. The molecule has 0 unspecified atom stereocenters. The maximum atomic E-state index is 9.19. The third-order valence-electron chi connectivity index (χ3n) is 5.95. The molecule has 0 N–H and O–H groups in total. The van der Waals surface area contributed by atoms with E-state index in [1.165, 1.54) is 32.3 Å². The molecule has 0 aliphatic carbocycles. The molecule has 0 fully saturated rings. The number of nitrogens with zero attached hydrogens (tertiary/aromatic N) is 3. The Labute approximate surface area is 185 Å². The van der Waals surface area contributed by atoms with Gasteiger partial charge in [0.05, 0.1) is 17.0 Å². The molecule has 6 aromatic rings. The van der Waals surface area contributed by atoms with Crippen molar-refractivity contribution < 1.29 is 0 Å². The molecule has 3 nitrogen and oxygen atoms in total. The maximum Gasteiger partial charge on any atom is 0.101 e. The largest absolute Gasteiger partial charge is 0.263 e. The van der Waals surface area contributed by atoms with Crippen LogP contribution in [0.3, 0.4) is 0 Å². The Bertz CT molecular complexity index is 1660. The van der Waals surface area contributed by atoms with E-state index < -0.39 is 0 Å². The lowest BCUT2D eigenvalue weighted by atomic mass is 9.93. The van der Waals surface area contributed by atoms with Crippen LogP contribution in [0.5, 0.6) is 0 Å². The van der Waals surface area contributed by atoms with Gasteiger partial charge in [0, 0.05) is 23.5 Å². The third-order valence-corrected chi connectivity index (χ3v) is 5.95. The normalized spacial score (nSPS) is 11.1. The first kappa shape index (κ1) is 18.2. The van der Waals surface area contributed by atoms with Gasteiger partial charge in [0.25, 0.3) is 0 Å². The highest BCUT2D eigenvalue weighted by molar-refractivity contribution is 6.25. The predicted octanol–water partition coefficient (Wildman–Crippen LogP) is 7.14. The van der Waals surface area contributed by atoms with Gasteiger partial charge >= 0.3 is 0 Å². The smallest absolute Gasteiger partial charge is 0.101 e. The van der Waals surface area contributed by atoms with Crippen molar-refractivity contribution in [3.63, 3.8) is 0 Å². The lowest BCUT2D eigenvalue weighted by molar-refractivity contribution is 1.26. The Kier molecular flexibility index (Phi) is 4.16. The fraction of sp³-hybridized carbons (Fsp3) is 0. The monoisotopic (exact) mass is 407 g/mol. The summed E-state index contributed by atoms with van der Waals surface area (Å²) in [5, 5.41) is 16.7. The van der Waals surface area contributed by atoms with Gasteiger partial charge in [0.1, 0.15) is 6.07 Å². The second-order valence-corrected chi connectivity index (χ2v) is 7.83. The number of hydrogen-bond donors (Lipinski definition) is 0. The molecule has 6 rings (SSSR count). The zero-order valence-electron chi connectivity index (χ0n) is 17.2. The Morgan fingerprint density at radius 3 is 1.78 bits per heavy atom. The molecule has 0 saturated heterocycles. The van der Waals surface area contributed by atoms with Crippen molar-refractivity contribution in [3.05, 3.63) is 109 Å². The van der Waals surface area contributed by atoms with Gasteiger partial charge in [-0.3, -0.25) is 4.98 Å². The lowest BCUT2D eigenvalue weighted by Crippen LogP contribution is -1.90. The Morgan fingerprint density at radius 1 is 0.531 bits per heavy atom. The van der Waals surface area contributed by atoms with Crippen LogP contribution in [0.25, 0.3) is 54.8 Å². The minimum atomic E-state index is 0.527. The predicted molar refractivity (Wildman–Crippen MR) is 130 cm³/mol. The molecular weight excluding hydrogens is 390 g/mol. The molecule has 0 amide bonds. The number of pyridine rings is 2. The van der Waals surface area contributed by atoms with Crippen molar-refractivity contribution in [2.45, 2.75) is 0 Å². The number of benzene rings is 4. The number of nitriles is 1. The second-order valence-electron chi connectivity index (χ2n) is 7.83. The Balaban J connectivity index is 1.58. The molecule has 0 atom stereocenters. The van der Waals surface area contributed by atoms with Gasteiger partial charge in [-0.25, -0.2) is 4.98 Å². The minimum Gasteiger partial charge on any atom is -0.263 e. The third kappa shape index (κ3) is 2.90. The van der Waals surface area contributed by atoms with Crippen LogP contribution in [0.15, 0.2) is 103 Å². The molecule has 0 aliphatic rings. The first-order valence-corrected chi connectivity index (χ1v) is 10.5. The van der Waals surface area contributed by atoms with E-state index >= 15 is 0 Å². The highest BCUT2D eigenvalue weighted by atomic mass is 14.7. The molecule has 2 aromatic heterocycles. The van der Waals surface area contributed by atoms with E-state index in [-0.39, 0.29) is 0 Å². The van der Waals surface area contributed by atoms with Crippen molar-refractivity contribution >= 4 is 32.3 Å². The van der Waals surface area contributed by atoms with Crippen molar-refractivity contribution in [3.8, 4) is 28.6 Å². The summed E-state index contributed by atoms with van der Waals surface area (Å²) in [6.45, 7) is 0. The molecule has 32 heavy (non-hydrogen) atoms. The number of hydrogen-bond acceptors (Lipinski definition) is 3. The zero-order valence-corrected chi connectivity index (χ0v) is 17.2. The van der Waals surface area contributed by atoms with Gasteiger partial charge in [-0.1, -0.05) is 66.7 Å². The van der Waals surface area contributed by atoms with E-state index in [0.717, 1.165) is 22.5 Å². The first-order valence-electron chi connectivity index (χ1n) is 10.5. The SMILES string of the molecule is N#Cc1cncc(-c2cccc(-c3ccc4c5ccccc5c5ccccc5c4c3)n2)c1. The molecular formula is C29H17N3. The van der Waals surface area contributed by atoms with Crippen LogP contribution in [0.4, 0.5) is 0 Å². The summed E-state index contributed by atoms with van der Waals surface area (Å²) in [4.78, 5) is 9.06. The number of rotatable bonds is 2. The van der Waals surface area contributed by atoms with Crippen LogP contribution < -0.4 is 0 Å². The molecule has 0 aliphatic heterocycles. The molecule has 4 aromatic carbocycles. The summed E-state index contributed by atoms with van der Waals surface area (Å²) in [6, 6.07) is 33.7. The van der Waals surface area contributed by atoms with Crippen LogP contribution in [0.1, 0.15) is 5.56 Å². The van der Waals surface area contributed by atoms with Crippen LogP contribution in [-0.2, 0) is 0 Å². The van der Waals surface area contributed by atoms with Crippen molar-refractivity contribution in [2.24, 2.45) is 0 Å². The molecule has 3 heteroatoms. The van der Waals surface area contributed by atoms with Crippen LogP contribution in [0.2, 0.25) is 0 Å². The van der Waals surface area contributed by atoms with Gasteiger partial charge in [-0.05, 0) is 56.6 Å². The first-order chi connectivity index (χ1) is 15.8. The summed E-state index contributed by atoms with van der Waals surface area (Å²) < 4.78 is 0. The van der Waals surface area contributed by atoms with Gasteiger partial charge in [0.15, 0.2) is 0 Å². The summed E-state index contributed by atoms with van der Waals surface area (Å²) in [6.07, 6.45) is 3.30. The van der Waals surface area contributed by atoms with E-state index in [9.17, 15) is 5.26 Å². The van der Waals surface area contributed by atoms with Gasteiger partial charge in [0.2, 0.25) is 0 Å². The zero-order chi connectivity index (χ0) is 21.5. The van der Waals surface area contributed by atoms with Crippen molar-refractivity contribution in [1.29, 1.82) is 5.26 Å². The molecule has 2 heterocycles. The molecule has 0 spiro atoms. The van der Waals surface area contributed by atoms with Crippen molar-refractivity contribution in [1.82, 2.24) is 9.97 Å². The lowest BCUT2D eigenvalue weighted by Gasteiger charge is -2.12. The Morgan fingerprint density at radius 2 is 1.12 bits per heavy atom. The quantitative estimate of drug-likeness (QED) is 0.287. The average Bonchev–Trinajstić information content (AvgIpc) is 2.88. The van der Waals surface area contributed by atoms with E-state index in [1.807, 2.05) is 24.3 Å². The fourth-order valence-electron chi connectivity index (χ4n) is 4.46. The number of aromatic nitrogens is 2. The summed E-state index contributed by atoms with van der Waals surface area (Å²) in [5.74, 6) is 0. The van der Waals surface area contributed by atoms with E-state index in [4.69, 9.17) is 4.98 Å². The maximum absolute atomic E-state index is 9.19. The van der Waals surface area contributed by atoms with Crippen LogP contribution in [-0.4, -0.2) is 9.97 Å². The fourth-order valence-corrected chi connectivity index (χ4v) is 4.46. The molecule has 0 saturated carbocycles. The summed E-state index contributed by atoms with van der Waals surface area (Å²) in [7, 11) is 0. The van der Waals surface area contributed by atoms with E-state index in [0.29, 0.717) is 5.56 Å². The topological polar surface area (TPSA) is 49.6 Å². The Hall–Kier alpha value is -4.55. The number of fused-ring (bicyclic) bond motifs is 6. The van der Waals surface area contributed by atoms with E-state index in [1.54, 1.807) is 12.4 Å². The minimum absolute atomic E-state index is 0.527.